The minimum Gasteiger partial charge on any atom is -0.469 e. The van der Waals surface area contributed by atoms with Crippen LogP contribution in [0, 0.1) is 17.6 Å². The zero-order valence-corrected chi connectivity index (χ0v) is 21.9. The molecule has 0 amide bonds. The molecule has 11 heteroatoms. The highest BCUT2D eigenvalue weighted by molar-refractivity contribution is 7.91. The molecule has 38 heavy (non-hydrogen) atoms. The van der Waals surface area contributed by atoms with Gasteiger partial charge in [-0.15, -0.1) is 0 Å². The Labute approximate surface area is 218 Å². The second kappa shape index (κ2) is 9.54. The first-order valence-electron chi connectivity index (χ1n) is 12.1. The standard InChI is InChI=1S/C27H27F2N3O5S/c1-31-9-8-19-17(14-38(3,35)36)10-16-13-32(21-6-5-18(28)11-20(21)29)26-15(4-7-22(33)37-2)12-30-25(23(16)26)24(19)27(31)34/h5-6,8-11,13,15,26,30H,4,7,12,14H2,1-3H3/t15-,26?/m1/s1. The van der Waals surface area contributed by atoms with Gasteiger partial charge in [-0.25, -0.2) is 17.2 Å². The van der Waals surface area contributed by atoms with Gasteiger partial charge in [-0.2, -0.15) is 0 Å². The Bertz CT molecular complexity index is 1610. The summed E-state index contributed by atoms with van der Waals surface area (Å²) in [5.41, 5.74) is 2.95. The number of nitrogens with one attached hydrogen (secondary N) is 1. The molecule has 0 fully saturated rings. The minimum absolute atomic E-state index is 0.130. The summed E-state index contributed by atoms with van der Waals surface area (Å²) in [5, 5.41) is 3.37. The number of anilines is 1. The number of fused-ring (bicyclic) bond motifs is 2. The molecule has 0 spiro atoms. The van der Waals surface area contributed by atoms with Crippen LogP contribution in [0.15, 0.2) is 58.7 Å². The molecule has 3 heterocycles. The number of aryl methyl sites for hydroxylation is 1. The highest BCUT2D eigenvalue weighted by Gasteiger charge is 2.44. The van der Waals surface area contributed by atoms with E-state index in [2.05, 4.69) is 5.32 Å². The Morgan fingerprint density at radius 3 is 2.68 bits per heavy atom. The van der Waals surface area contributed by atoms with Crippen molar-refractivity contribution in [2.75, 3.05) is 30.6 Å². The Morgan fingerprint density at radius 1 is 1.24 bits per heavy atom. The van der Waals surface area contributed by atoms with Crippen molar-refractivity contribution in [3.8, 4) is 0 Å². The number of carbonyl (C=O) groups excluding carboxylic acids is 1. The lowest BCUT2D eigenvalue weighted by atomic mass is 9.82. The summed E-state index contributed by atoms with van der Waals surface area (Å²) in [4.78, 5) is 27.1. The average molecular weight is 544 g/mol. The number of hydrogen-bond donors (Lipinski definition) is 1. The van der Waals surface area contributed by atoms with E-state index in [0.29, 0.717) is 46.5 Å². The summed E-state index contributed by atoms with van der Waals surface area (Å²) >= 11 is 0. The molecule has 0 saturated carbocycles. The Balaban J connectivity index is 1.76. The monoisotopic (exact) mass is 543 g/mol. The van der Waals surface area contributed by atoms with Crippen LogP contribution in [0.2, 0.25) is 0 Å². The maximum Gasteiger partial charge on any atom is 0.305 e. The Kier molecular flexibility index (Phi) is 6.50. The fourth-order valence-corrected chi connectivity index (χ4v) is 6.33. The van der Waals surface area contributed by atoms with Crippen LogP contribution in [0.5, 0.6) is 0 Å². The highest BCUT2D eigenvalue weighted by Crippen LogP contribution is 2.47. The number of pyridine rings is 1. The summed E-state index contributed by atoms with van der Waals surface area (Å²) in [5.74, 6) is -2.38. The second-order valence-electron chi connectivity index (χ2n) is 9.84. The van der Waals surface area contributed by atoms with Crippen molar-refractivity contribution in [1.29, 1.82) is 0 Å². The van der Waals surface area contributed by atoms with Gasteiger partial charge in [0.2, 0.25) is 0 Å². The van der Waals surface area contributed by atoms with Crippen LogP contribution < -0.4 is 15.8 Å². The van der Waals surface area contributed by atoms with Crippen molar-refractivity contribution in [3.63, 3.8) is 0 Å². The number of nitrogens with zero attached hydrogens (tertiary/aromatic N) is 2. The number of hydrogen-bond acceptors (Lipinski definition) is 7. The van der Waals surface area contributed by atoms with Crippen LogP contribution in [0.25, 0.3) is 11.3 Å². The van der Waals surface area contributed by atoms with Gasteiger partial charge in [-0.1, -0.05) is 0 Å². The number of allylic oxidation sites excluding steroid dienone is 1. The van der Waals surface area contributed by atoms with Gasteiger partial charge >= 0.3 is 5.97 Å². The van der Waals surface area contributed by atoms with Gasteiger partial charge in [-0.05, 0) is 47.4 Å². The largest absolute Gasteiger partial charge is 0.469 e. The van der Waals surface area contributed by atoms with E-state index in [1.807, 2.05) is 0 Å². The quantitative estimate of drug-likeness (QED) is 0.560. The molecule has 2 aromatic rings. The summed E-state index contributed by atoms with van der Waals surface area (Å²) in [6.07, 6.45) is 6.68. The van der Waals surface area contributed by atoms with Crippen molar-refractivity contribution >= 4 is 32.8 Å². The number of aromatic nitrogens is 1. The molecule has 1 aliphatic carbocycles. The summed E-state index contributed by atoms with van der Waals surface area (Å²) < 4.78 is 59.8. The topological polar surface area (TPSA) is 97.7 Å². The SMILES string of the molecule is COC(=O)CC[C@@H]1CNC2=C3C(=CN(c4ccc(F)cc4F)C31)C=C(CS(C)(=O)=O)c1ccn(C)c(=O)c12. The number of ether oxygens (including phenoxy) is 1. The molecule has 1 unspecified atom stereocenters. The first-order valence-corrected chi connectivity index (χ1v) is 14.1. The molecule has 1 aromatic heterocycles. The van der Waals surface area contributed by atoms with E-state index in [1.165, 1.54) is 23.8 Å². The molecule has 2 atom stereocenters. The summed E-state index contributed by atoms with van der Waals surface area (Å²) in [6.45, 7) is 0.361. The van der Waals surface area contributed by atoms with Gasteiger partial charge in [0, 0.05) is 56.2 Å². The third-order valence-electron chi connectivity index (χ3n) is 7.19. The predicted molar refractivity (Wildman–Crippen MR) is 140 cm³/mol. The molecular weight excluding hydrogens is 516 g/mol. The molecule has 2 aliphatic heterocycles. The molecule has 200 valence electrons. The molecule has 1 aromatic carbocycles. The van der Waals surface area contributed by atoms with Crippen molar-refractivity contribution in [2.24, 2.45) is 13.0 Å². The van der Waals surface area contributed by atoms with Crippen molar-refractivity contribution in [2.45, 2.75) is 18.9 Å². The lowest BCUT2D eigenvalue weighted by molar-refractivity contribution is -0.140. The Morgan fingerprint density at radius 2 is 2.00 bits per heavy atom. The van der Waals surface area contributed by atoms with Crippen LogP contribution in [0.3, 0.4) is 0 Å². The minimum atomic E-state index is -3.48. The van der Waals surface area contributed by atoms with E-state index in [4.69, 9.17) is 4.74 Å². The molecule has 8 nitrogen and oxygen atoms in total. The van der Waals surface area contributed by atoms with Crippen LogP contribution >= 0.6 is 0 Å². The van der Waals surface area contributed by atoms with Gasteiger partial charge in [0.05, 0.1) is 35.9 Å². The number of benzene rings is 1. The molecule has 0 bridgehead atoms. The summed E-state index contributed by atoms with van der Waals surface area (Å²) in [6, 6.07) is 4.54. The maximum atomic E-state index is 15.1. The number of rotatable bonds is 6. The fourth-order valence-electron chi connectivity index (χ4n) is 5.52. The van der Waals surface area contributed by atoms with E-state index in [-0.39, 0.29) is 35.3 Å². The van der Waals surface area contributed by atoms with Crippen LogP contribution in [-0.2, 0) is 26.4 Å². The van der Waals surface area contributed by atoms with E-state index in [0.717, 1.165) is 12.3 Å². The van der Waals surface area contributed by atoms with Gasteiger partial charge in [-0.3, -0.25) is 9.59 Å². The first kappa shape index (κ1) is 25.9. The maximum absolute atomic E-state index is 15.1. The predicted octanol–water partition coefficient (Wildman–Crippen LogP) is 2.76. The molecule has 0 radical (unpaired) electrons. The van der Waals surface area contributed by atoms with E-state index >= 15 is 4.39 Å². The zero-order chi connectivity index (χ0) is 27.4. The molecule has 0 saturated heterocycles. The Hall–Kier alpha value is -3.73. The number of carbonyl (C=O) groups is 1. The lowest BCUT2D eigenvalue weighted by Gasteiger charge is -2.38. The van der Waals surface area contributed by atoms with E-state index in [1.54, 1.807) is 36.5 Å². The van der Waals surface area contributed by atoms with Crippen molar-refractivity contribution in [1.82, 2.24) is 9.88 Å². The third kappa shape index (κ3) is 4.55. The van der Waals surface area contributed by atoms with Gasteiger partial charge < -0.3 is 19.5 Å². The third-order valence-corrected chi connectivity index (χ3v) is 8.02. The van der Waals surface area contributed by atoms with Gasteiger partial charge in [0.1, 0.15) is 11.6 Å². The second-order valence-corrected chi connectivity index (χ2v) is 12.0. The van der Waals surface area contributed by atoms with Gasteiger partial charge in [0.25, 0.3) is 5.56 Å². The number of methoxy groups -OCH3 is 1. The van der Waals surface area contributed by atoms with E-state index in [9.17, 15) is 22.4 Å². The lowest BCUT2D eigenvalue weighted by Crippen LogP contribution is -2.46. The molecular formula is C27H27F2N3O5S. The van der Waals surface area contributed by atoms with Crippen LogP contribution in [0.4, 0.5) is 14.5 Å². The van der Waals surface area contributed by atoms with Crippen molar-refractivity contribution < 1.29 is 26.7 Å². The fraction of sp³-hybridized carbons (Fsp3) is 0.333. The van der Waals surface area contributed by atoms with Crippen LogP contribution in [-0.4, -0.2) is 50.7 Å². The summed E-state index contributed by atoms with van der Waals surface area (Å²) in [7, 11) is -0.551. The number of halogens is 2. The number of esters is 1. The number of sulfone groups is 1. The molecule has 3 aliphatic rings. The molecule has 1 N–H and O–H groups in total. The highest BCUT2D eigenvalue weighted by atomic mass is 32.2. The van der Waals surface area contributed by atoms with Crippen molar-refractivity contribution in [3.05, 3.63) is 87.0 Å². The van der Waals surface area contributed by atoms with E-state index < -0.39 is 27.5 Å². The first-order chi connectivity index (χ1) is 18.0. The van der Waals surface area contributed by atoms with Gasteiger partial charge in [0.15, 0.2) is 9.84 Å². The van der Waals surface area contributed by atoms with Crippen LogP contribution in [0.1, 0.15) is 24.0 Å². The normalized spacial score (nSPS) is 20.2. The average Bonchev–Trinajstić information content (AvgIpc) is 3.16. The zero-order valence-electron chi connectivity index (χ0n) is 21.1. The smallest absolute Gasteiger partial charge is 0.305 e. The molecule has 5 rings (SSSR count).